The summed E-state index contributed by atoms with van der Waals surface area (Å²) in [5, 5.41) is 3.39. The van der Waals surface area contributed by atoms with Crippen LogP contribution in [-0.2, 0) is 4.74 Å². The van der Waals surface area contributed by atoms with E-state index in [0.29, 0.717) is 12.5 Å². The van der Waals surface area contributed by atoms with Gasteiger partial charge in [-0.3, -0.25) is 0 Å². The number of nitrogens with zero attached hydrogens (tertiary/aromatic N) is 1. The number of hydrogen-bond donors (Lipinski definition) is 1. The van der Waals surface area contributed by atoms with Crippen molar-refractivity contribution in [1.29, 1.82) is 0 Å². The summed E-state index contributed by atoms with van der Waals surface area (Å²) in [5.74, 6) is 0.701. The van der Waals surface area contributed by atoms with E-state index in [1.54, 1.807) is 4.90 Å². The van der Waals surface area contributed by atoms with Crippen LogP contribution in [0.1, 0.15) is 61.8 Å². The van der Waals surface area contributed by atoms with Crippen LogP contribution in [0.15, 0.2) is 0 Å². The summed E-state index contributed by atoms with van der Waals surface area (Å²) in [7, 11) is 0. The standard InChI is InChI=1S/C16H34N2O2/c1-13(2)9-10-17-11-12-18(15(3,4)5)14(19)20-16(6,7)8/h13,17H,9-12H2,1-8H3. The van der Waals surface area contributed by atoms with Crippen molar-refractivity contribution in [2.24, 2.45) is 5.92 Å². The van der Waals surface area contributed by atoms with Gasteiger partial charge in [0, 0.05) is 18.6 Å². The molecule has 0 fully saturated rings. The molecule has 1 N–H and O–H groups in total. The summed E-state index contributed by atoms with van der Waals surface area (Å²) in [6.45, 7) is 18.7. The molecule has 120 valence electrons. The molecule has 0 atom stereocenters. The lowest BCUT2D eigenvalue weighted by Gasteiger charge is -2.37. The molecule has 0 saturated heterocycles. The van der Waals surface area contributed by atoms with Gasteiger partial charge in [0.15, 0.2) is 0 Å². The van der Waals surface area contributed by atoms with Crippen molar-refractivity contribution in [2.45, 2.75) is 73.0 Å². The summed E-state index contributed by atoms with van der Waals surface area (Å²) < 4.78 is 5.48. The fraction of sp³-hybridized carbons (Fsp3) is 0.938. The number of amides is 1. The second-order valence-electron chi connectivity index (χ2n) is 7.74. The number of nitrogens with one attached hydrogen (secondary N) is 1. The van der Waals surface area contributed by atoms with Crippen LogP contribution < -0.4 is 5.32 Å². The van der Waals surface area contributed by atoms with Crippen molar-refractivity contribution in [2.75, 3.05) is 19.6 Å². The van der Waals surface area contributed by atoms with E-state index in [4.69, 9.17) is 4.74 Å². The second-order valence-corrected chi connectivity index (χ2v) is 7.74. The molecule has 0 aromatic heterocycles. The predicted molar refractivity (Wildman–Crippen MR) is 85.0 cm³/mol. The molecular weight excluding hydrogens is 252 g/mol. The van der Waals surface area contributed by atoms with Crippen molar-refractivity contribution in [3.8, 4) is 0 Å². The summed E-state index contributed by atoms with van der Waals surface area (Å²) in [5.41, 5.74) is -0.687. The zero-order chi connectivity index (χ0) is 16.0. The topological polar surface area (TPSA) is 41.6 Å². The first-order chi connectivity index (χ1) is 8.93. The van der Waals surface area contributed by atoms with Crippen molar-refractivity contribution in [3.05, 3.63) is 0 Å². The highest BCUT2D eigenvalue weighted by Gasteiger charge is 2.30. The molecule has 1 amide bonds. The van der Waals surface area contributed by atoms with Gasteiger partial charge >= 0.3 is 6.09 Å². The SMILES string of the molecule is CC(C)CCNCCN(C(=O)OC(C)(C)C)C(C)(C)C. The van der Waals surface area contributed by atoms with Gasteiger partial charge in [0.2, 0.25) is 0 Å². The first kappa shape index (κ1) is 19.2. The highest BCUT2D eigenvalue weighted by Crippen LogP contribution is 2.17. The van der Waals surface area contributed by atoms with E-state index < -0.39 is 5.60 Å². The Hall–Kier alpha value is -0.770. The minimum absolute atomic E-state index is 0.234. The number of carbonyl (C=O) groups is 1. The summed E-state index contributed by atoms with van der Waals surface area (Å²) in [4.78, 5) is 14.0. The highest BCUT2D eigenvalue weighted by atomic mass is 16.6. The van der Waals surface area contributed by atoms with Gasteiger partial charge in [-0.1, -0.05) is 13.8 Å². The van der Waals surface area contributed by atoms with E-state index in [9.17, 15) is 4.79 Å². The molecule has 0 saturated carbocycles. The van der Waals surface area contributed by atoms with E-state index in [0.717, 1.165) is 19.5 Å². The van der Waals surface area contributed by atoms with Crippen LogP contribution in [0.2, 0.25) is 0 Å². The molecule has 0 aliphatic rings. The maximum absolute atomic E-state index is 12.3. The molecule has 0 rings (SSSR count). The van der Waals surface area contributed by atoms with Crippen molar-refractivity contribution in [1.82, 2.24) is 10.2 Å². The Bertz CT molecular complexity index is 288. The number of hydrogen-bond acceptors (Lipinski definition) is 3. The minimum Gasteiger partial charge on any atom is -0.444 e. The van der Waals surface area contributed by atoms with E-state index >= 15 is 0 Å². The zero-order valence-corrected chi connectivity index (χ0v) is 14.7. The summed E-state index contributed by atoms with van der Waals surface area (Å²) in [6, 6.07) is 0. The molecule has 0 aliphatic heterocycles. The lowest BCUT2D eigenvalue weighted by Crippen LogP contribution is -2.50. The smallest absolute Gasteiger partial charge is 0.410 e. The maximum Gasteiger partial charge on any atom is 0.410 e. The van der Waals surface area contributed by atoms with E-state index in [-0.39, 0.29) is 11.6 Å². The van der Waals surface area contributed by atoms with Crippen LogP contribution in [0.25, 0.3) is 0 Å². The number of rotatable bonds is 6. The van der Waals surface area contributed by atoms with E-state index in [2.05, 4.69) is 19.2 Å². The Morgan fingerprint density at radius 2 is 1.65 bits per heavy atom. The van der Waals surface area contributed by atoms with E-state index in [1.165, 1.54) is 0 Å². The quantitative estimate of drug-likeness (QED) is 0.758. The Morgan fingerprint density at radius 1 is 1.10 bits per heavy atom. The van der Waals surface area contributed by atoms with Gasteiger partial charge in [-0.15, -0.1) is 0 Å². The van der Waals surface area contributed by atoms with Gasteiger partial charge in [0.25, 0.3) is 0 Å². The molecule has 0 aliphatic carbocycles. The molecular formula is C16H34N2O2. The maximum atomic E-state index is 12.3. The van der Waals surface area contributed by atoms with Gasteiger partial charge in [0.05, 0.1) is 0 Å². The van der Waals surface area contributed by atoms with Crippen LogP contribution in [0.3, 0.4) is 0 Å². The lowest BCUT2D eigenvalue weighted by molar-refractivity contribution is 0.00664. The highest BCUT2D eigenvalue weighted by molar-refractivity contribution is 5.69. The Morgan fingerprint density at radius 3 is 2.05 bits per heavy atom. The third-order valence-electron chi connectivity index (χ3n) is 2.83. The molecule has 0 aromatic carbocycles. The molecule has 0 unspecified atom stereocenters. The van der Waals surface area contributed by atoms with Gasteiger partial charge in [-0.05, 0) is 60.4 Å². The number of ether oxygens (including phenoxy) is 1. The predicted octanol–water partition coefficient (Wildman–Crippen LogP) is 3.66. The molecule has 0 bridgehead atoms. The summed E-state index contributed by atoms with van der Waals surface area (Å²) in [6.07, 6.45) is 0.915. The molecule has 0 aromatic rings. The fourth-order valence-electron chi connectivity index (χ4n) is 1.72. The minimum atomic E-state index is -0.453. The van der Waals surface area contributed by atoms with E-state index in [1.807, 2.05) is 41.5 Å². The Kier molecular flexibility index (Phi) is 7.56. The molecule has 0 radical (unpaired) electrons. The van der Waals surface area contributed by atoms with Crippen molar-refractivity contribution < 1.29 is 9.53 Å². The molecule has 4 nitrogen and oxygen atoms in total. The second kappa shape index (κ2) is 7.87. The molecule has 4 heteroatoms. The largest absolute Gasteiger partial charge is 0.444 e. The first-order valence-corrected chi connectivity index (χ1v) is 7.65. The number of carbonyl (C=O) groups excluding carboxylic acids is 1. The van der Waals surface area contributed by atoms with Crippen LogP contribution in [0.4, 0.5) is 4.79 Å². The van der Waals surface area contributed by atoms with Gasteiger partial charge in [-0.2, -0.15) is 0 Å². The fourth-order valence-corrected chi connectivity index (χ4v) is 1.72. The molecule has 20 heavy (non-hydrogen) atoms. The Balaban J connectivity index is 4.34. The monoisotopic (exact) mass is 286 g/mol. The third-order valence-corrected chi connectivity index (χ3v) is 2.83. The van der Waals surface area contributed by atoms with Crippen LogP contribution in [-0.4, -0.2) is 41.8 Å². The van der Waals surface area contributed by atoms with Gasteiger partial charge in [0.1, 0.15) is 5.60 Å². The van der Waals surface area contributed by atoms with Crippen LogP contribution >= 0.6 is 0 Å². The van der Waals surface area contributed by atoms with Gasteiger partial charge in [-0.25, -0.2) is 4.79 Å². The first-order valence-electron chi connectivity index (χ1n) is 7.65. The normalized spacial score (nSPS) is 12.7. The average molecular weight is 286 g/mol. The average Bonchev–Trinajstić information content (AvgIpc) is 2.17. The van der Waals surface area contributed by atoms with Crippen molar-refractivity contribution in [3.63, 3.8) is 0 Å². The molecule has 0 spiro atoms. The zero-order valence-electron chi connectivity index (χ0n) is 14.7. The Labute approximate surface area is 125 Å². The summed E-state index contributed by atoms with van der Waals surface area (Å²) >= 11 is 0. The van der Waals surface area contributed by atoms with Crippen molar-refractivity contribution >= 4 is 6.09 Å². The van der Waals surface area contributed by atoms with Crippen LogP contribution in [0.5, 0.6) is 0 Å². The van der Waals surface area contributed by atoms with Gasteiger partial charge < -0.3 is 15.0 Å². The lowest BCUT2D eigenvalue weighted by atomic mass is 10.1. The third kappa shape index (κ3) is 9.18. The molecule has 0 heterocycles. The van der Waals surface area contributed by atoms with Crippen LogP contribution in [0, 0.1) is 5.92 Å².